The van der Waals surface area contributed by atoms with E-state index in [4.69, 9.17) is 10.8 Å². The molecule has 0 spiro atoms. The van der Waals surface area contributed by atoms with Gasteiger partial charge in [-0.15, -0.1) is 0 Å². The number of anilines is 1. The topological polar surface area (TPSA) is 89.9 Å². The maximum absolute atomic E-state index is 13.6. The molecule has 2 aromatic heterocycles. The van der Waals surface area contributed by atoms with Crippen LogP contribution in [0.25, 0.3) is 17.4 Å². The van der Waals surface area contributed by atoms with E-state index in [0.717, 1.165) is 0 Å². The minimum Gasteiger partial charge on any atom is -0.393 e. The van der Waals surface area contributed by atoms with Crippen LogP contribution in [0.15, 0.2) is 18.2 Å². The van der Waals surface area contributed by atoms with Crippen molar-refractivity contribution in [3.05, 3.63) is 18.2 Å². The summed E-state index contributed by atoms with van der Waals surface area (Å²) in [6.07, 6.45) is 4.65. The lowest BCUT2D eigenvalue weighted by Crippen LogP contribution is -2.06. The van der Waals surface area contributed by atoms with Gasteiger partial charge in [0.2, 0.25) is 0 Å². The van der Waals surface area contributed by atoms with Gasteiger partial charge in [0.25, 0.3) is 0 Å². The van der Waals surface area contributed by atoms with Gasteiger partial charge in [-0.2, -0.15) is 0 Å². The van der Waals surface area contributed by atoms with Crippen molar-refractivity contribution in [3.8, 4) is 0 Å². The molecule has 88 valence electrons. The SMILES string of the molecule is Nc1ncnc2c1ncn2/C=C1/C[C@@]1(F)CO. The zero-order valence-electron chi connectivity index (χ0n) is 8.84. The Morgan fingerprint density at radius 3 is 3.06 bits per heavy atom. The van der Waals surface area contributed by atoms with Crippen molar-refractivity contribution in [1.29, 1.82) is 0 Å². The van der Waals surface area contributed by atoms with Gasteiger partial charge in [0.15, 0.2) is 22.7 Å². The molecule has 1 aliphatic carbocycles. The Hall–Kier alpha value is -2.02. The lowest BCUT2D eigenvalue weighted by molar-refractivity contribution is 0.170. The Morgan fingerprint density at radius 1 is 1.53 bits per heavy atom. The quantitative estimate of drug-likeness (QED) is 0.784. The molecule has 1 saturated carbocycles. The Labute approximate surface area is 95.6 Å². The fourth-order valence-electron chi connectivity index (χ4n) is 1.71. The van der Waals surface area contributed by atoms with Gasteiger partial charge < -0.3 is 10.8 Å². The Kier molecular flexibility index (Phi) is 1.93. The van der Waals surface area contributed by atoms with Gasteiger partial charge in [0.05, 0.1) is 6.61 Å². The van der Waals surface area contributed by atoms with Crippen molar-refractivity contribution < 1.29 is 9.50 Å². The summed E-state index contributed by atoms with van der Waals surface area (Å²) in [5, 5.41) is 8.84. The largest absolute Gasteiger partial charge is 0.393 e. The smallest absolute Gasteiger partial charge is 0.169 e. The second kappa shape index (κ2) is 3.24. The number of imidazole rings is 1. The van der Waals surface area contributed by atoms with Crippen LogP contribution in [0.4, 0.5) is 10.2 Å². The molecular weight excluding hydrogens is 225 g/mol. The zero-order valence-corrected chi connectivity index (χ0v) is 8.84. The first-order valence-electron chi connectivity index (χ1n) is 5.08. The van der Waals surface area contributed by atoms with Gasteiger partial charge >= 0.3 is 0 Å². The summed E-state index contributed by atoms with van der Waals surface area (Å²) in [5.74, 6) is 0.289. The van der Waals surface area contributed by atoms with Crippen molar-refractivity contribution in [1.82, 2.24) is 19.5 Å². The van der Waals surface area contributed by atoms with Crippen LogP contribution in [-0.4, -0.2) is 36.9 Å². The number of rotatable bonds is 2. The zero-order chi connectivity index (χ0) is 12.0. The summed E-state index contributed by atoms with van der Waals surface area (Å²) in [7, 11) is 0. The summed E-state index contributed by atoms with van der Waals surface area (Å²) in [6, 6.07) is 0. The number of aliphatic hydroxyl groups is 1. The van der Waals surface area contributed by atoms with E-state index in [2.05, 4.69) is 15.0 Å². The highest BCUT2D eigenvalue weighted by Crippen LogP contribution is 2.46. The Morgan fingerprint density at radius 2 is 2.35 bits per heavy atom. The van der Waals surface area contributed by atoms with Crippen molar-refractivity contribution in [3.63, 3.8) is 0 Å². The van der Waals surface area contributed by atoms with E-state index in [0.29, 0.717) is 16.7 Å². The van der Waals surface area contributed by atoms with Gasteiger partial charge in [0.1, 0.15) is 12.7 Å². The van der Waals surface area contributed by atoms with Crippen LogP contribution in [0, 0.1) is 0 Å². The van der Waals surface area contributed by atoms with Crippen LogP contribution in [-0.2, 0) is 0 Å². The average Bonchev–Trinajstić information content (AvgIpc) is 2.78. The molecule has 3 N–H and O–H groups in total. The molecule has 0 radical (unpaired) electrons. The van der Waals surface area contributed by atoms with Gasteiger partial charge in [-0.3, -0.25) is 4.57 Å². The summed E-state index contributed by atoms with van der Waals surface area (Å²) >= 11 is 0. The normalized spacial score (nSPS) is 25.6. The molecule has 6 nitrogen and oxygen atoms in total. The van der Waals surface area contributed by atoms with Crippen LogP contribution < -0.4 is 5.73 Å². The molecule has 0 unspecified atom stereocenters. The number of nitrogen functional groups attached to an aromatic ring is 1. The third-order valence-corrected chi connectivity index (χ3v) is 2.85. The number of nitrogens with two attached hydrogens (primary N) is 1. The number of alkyl halides is 1. The molecule has 17 heavy (non-hydrogen) atoms. The lowest BCUT2D eigenvalue weighted by Gasteiger charge is -1.97. The monoisotopic (exact) mass is 235 g/mol. The summed E-state index contributed by atoms with van der Waals surface area (Å²) in [4.78, 5) is 11.9. The van der Waals surface area contributed by atoms with E-state index >= 15 is 0 Å². The summed E-state index contributed by atoms with van der Waals surface area (Å²) in [6.45, 7) is -0.497. The Balaban J connectivity index is 2.06. The predicted octanol–water partition coefficient (Wildman–Crippen LogP) is 0.354. The fourth-order valence-corrected chi connectivity index (χ4v) is 1.71. The predicted molar refractivity (Wildman–Crippen MR) is 59.6 cm³/mol. The Bertz CT molecular complexity index is 622. The van der Waals surface area contributed by atoms with Crippen molar-refractivity contribution in [2.45, 2.75) is 12.1 Å². The van der Waals surface area contributed by atoms with E-state index in [9.17, 15) is 4.39 Å². The standard InChI is InChI=1S/C10H10FN5O/c11-10(3-17)1-6(10)2-16-5-15-7-8(12)13-4-14-9(7)16/h2,4-5,17H,1,3H2,(H2,12,13,14)/b6-2-/t10-/m1/s1. The number of aliphatic hydroxyl groups excluding tert-OH is 1. The van der Waals surface area contributed by atoms with Gasteiger partial charge in [-0.25, -0.2) is 19.3 Å². The first-order chi connectivity index (χ1) is 8.14. The molecule has 0 saturated heterocycles. The highest BCUT2D eigenvalue weighted by Gasteiger charge is 2.49. The highest BCUT2D eigenvalue weighted by molar-refractivity contribution is 5.82. The molecule has 0 bridgehead atoms. The second-order valence-electron chi connectivity index (χ2n) is 4.04. The van der Waals surface area contributed by atoms with Gasteiger partial charge in [-0.1, -0.05) is 0 Å². The number of hydrogen-bond acceptors (Lipinski definition) is 5. The molecule has 0 aromatic carbocycles. The number of nitrogens with zero attached hydrogens (tertiary/aromatic N) is 4. The molecule has 0 amide bonds. The lowest BCUT2D eigenvalue weighted by atomic mass is 10.4. The third-order valence-electron chi connectivity index (χ3n) is 2.85. The van der Waals surface area contributed by atoms with Crippen LogP contribution in [0.2, 0.25) is 0 Å². The minimum absolute atomic E-state index is 0.240. The first-order valence-corrected chi connectivity index (χ1v) is 5.08. The molecular formula is C10H10FN5O. The van der Waals surface area contributed by atoms with Crippen molar-refractivity contribution in [2.75, 3.05) is 12.3 Å². The molecule has 7 heteroatoms. The minimum atomic E-state index is -1.57. The van der Waals surface area contributed by atoms with Gasteiger partial charge in [0, 0.05) is 12.6 Å². The van der Waals surface area contributed by atoms with E-state index < -0.39 is 12.3 Å². The maximum Gasteiger partial charge on any atom is 0.169 e. The molecule has 1 aliphatic rings. The summed E-state index contributed by atoms with van der Waals surface area (Å²) < 4.78 is 15.1. The second-order valence-corrected chi connectivity index (χ2v) is 4.04. The van der Waals surface area contributed by atoms with E-state index in [1.54, 1.807) is 10.8 Å². The van der Waals surface area contributed by atoms with E-state index in [1.807, 2.05) is 0 Å². The number of halogens is 1. The molecule has 2 heterocycles. The van der Waals surface area contributed by atoms with Crippen LogP contribution in [0.1, 0.15) is 6.42 Å². The molecule has 3 rings (SSSR count). The van der Waals surface area contributed by atoms with Crippen LogP contribution in [0.3, 0.4) is 0 Å². The summed E-state index contributed by atoms with van der Waals surface area (Å²) in [5.41, 5.74) is 5.59. The van der Waals surface area contributed by atoms with Crippen molar-refractivity contribution >= 4 is 23.2 Å². The fraction of sp³-hybridized carbons (Fsp3) is 0.300. The molecule has 0 aliphatic heterocycles. The first kappa shape index (κ1) is 10.2. The molecule has 1 fully saturated rings. The molecule has 1 atom stereocenters. The number of aromatic nitrogens is 4. The van der Waals surface area contributed by atoms with Gasteiger partial charge in [-0.05, 0) is 5.57 Å². The molecule has 2 aromatic rings. The average molecular weight is 235 g/mol. The number of fused-ring (bicyclic) bond motifs is 1. The van der Waals surface area contributed by atoms with E-state index in [1.165, 1.54) is 12.7 Å². The maximum atomic E-state index is 13.6. The van der Waals surface area contributed by atoms with Crippen LogP contribution in [0.5, 0.6) is 0 Å². The highest BCUT2D eigenvalue weighted by atomic mass is 19.1. The van der Waals surface area contributed by atoms with E-state index in [-0.39, 0.29) is 12.2 Å². The van der Waals surface area contributed by atoms with Crippen molar-refractivity contribution in [2.24, 2.45) is 0 Å². The van der Waals surface area contributed by atoms with Crippen LogP contribution >= 0.6 is 0 Å². The third kappa shape index (κ3) is 1.47. The number of hydrogen-bond donors (Lipinski definition) is 2.